The maximum atomic E-state index is 10.2. The summed E-state index contributed by atoms with van der Waals surface area (Å²) < 4.78 is 7.71. The molecule has 160 valence electrons. The molecule has 0 spiro atoms. The van der Waals surface area contributed by atoms with Gasteiger partial charge in [0.15, 0.2) is 5.90 Å². The molecule has 0 saturated heterocycles. The zero-order valence-electron chi connectivity index (χ0n) is 18.4. The smallest absolute Gasteiger partial charge is 0.183 e. The molecule has 2 fully saturated rings. The van der Waals surface area contributed by atoms with Crippen molar-refractivity contribution in [3.63, 3.8) is 0 Å². The molecule has 0 radical (unpaired) electrons. The number of rotatable bonds is 5. The highest BCUT2D eigenvalue weighted by Crippen LogP contribution is 2.43. The highest BCUT2D eigenvalue weighted by molar-refractivity contribution is 5.83. The van der Waals surface area contributed by atoms with E-state index < -0.39 is 5.41 Å². The van der Waals surface area contributed by atoms with Crippen LogP contribution in [0, 0.1) is 22.7 Å². The van der Waals surface area contributed by atoms with Gasteiger partial charge in [0.1, 0.15) is 0 Å². The molecule has 2 aliphatic rings. The van der Waals surface area contributed by atoms with E-state index in [9.17, 15) is 5.26 Å². The maximum absolute atomic E-state index is 10.2. The molecule has 2 aliphatic carbocycles. The molecular weight excluding hydrogens is 372 g/mol. The third kappa shape index (κ3) is 3.73. The number of hydrogen-bond acceptors (Lipinski definition) is 4. The number of hydrogen-bond donors (Lipinski definition) is 1. The van der Waals surface area contributed by atoms with Gasteiger partial charge in [-0.05, 0) is 63.5 Å². The van der Waals surface area contributed by atoms with E-state index in [0.717, 1.165) is 37.7 Å². The van der Waals surface area contributed by atoms with Crippen molar-refractivity contribution in [2.45, 2.75) is 89.5 Å². The molecule has 0 unspecified atom stereocenters. The predicted octanol–water partition coefficient (Wildman–Crippen LogP) is 6.07. The van der Waals surface area contributed by atoms with E-state index in [1.54, 1.807) is 0 Å². The van der Waals surface area contributed by atoms with Gasteiger partial charge in [0, 0.05) is 11.3 Å². The third-order valence-corrected chi connectivity index (χ3v) is 7.32. The number of benzene rings is 1. The first-order valence-electron chi connectivity index (χ1n) is 11.8. The average Bonchev–Trinajstić information content (AvgIpc) is 3.18. The number of nitriles is 1. The largest absolute Gasteiger partial charge is 0.481 e. The number of aryl methyl sites for hydroxylation is 1. The van der Waals surface area contributed by atoms with Crippen LogP contribution in [0.5, 0.6) is 0 Å². The monoisotopic (exact) mass is 406 g/mol. The Balaban J connectivity index is 1.67. The summed E-state index contributed by atoms with van der Waals surface area (Å²) >= 11 is 0. The van der Waals surface area contributed by atoms with E-state index in [0.29, 0.717) is 18.5 Å². The molecule has 5 nitrogen and oxygen atoms in total. The number of nitrogens with one attached hydrogen (secondary N) is 1. The zero-order chi connectivity index (χ0) is 21.1. The lowest BCUT2D eigenvalue weighted by Gasteiger charge is -2.35. The van der Waals surface area contributed by atoms with Crippen molar-refractivity contribution in [1.82, 2.24) is 9.78 Å². The molecular formula is C25H34N4O. The summed E-state index contributed by atoms with van der Waals surface area (Å²) in [4.78, 5) is 0. The molecule has 2 saturated carbocycles. The van der Waals surface area contributed by atoms with Crippen molar-refractivity contribution < 1.29 is 4.74 Å². The van der Waals surface area contributed by atoms with Gasteiger partial charge in [0.25, 0.3) is 0 Å². The van der Waals surface area contributed by atoms with Crippen LogP contribution in [0.4, 0.5) is 0 Å². The number of fused-ring (bicyclic) bond motifs is 1. The maximum Gasteiger partial charge on any atom is 0.183 e. The normalized spacial score (nSPS) is 25.2. The molecule has 1 N–H and O–H groups in total. The Kier molecular flexibility index (Phi) is 6.13. The molecule has 0 atom stereocenters. The molecule has 1 aromatic heterocycles. The first-order chi connectivity index (χ1) is 14.6. The predicted molar refractivity (Wildman–Crippen MR) is 120 cm³/mol. The Hall–Kier alpha value is -2.35. The van der Waals surface area contributed by atoms with Crippen LogP contribution in [0.1, 0.15) is 88.9 Å². The fourth-order valence-corrected chi connectivity index (χ4v) is 5.48. The second-order valence-corrected chi connectivity index (χ2v) is 9.03. The van der Waals surface area contributed by atoms with Crippen LogP contribution >= 0.6 is 0 Å². The molecule has 1 heterocycles. The minimum Gasteiger partial charge on any atom is -0.481 e. The summed E-state index contributed by atoms with van der Waals surface area (Å²) in [5.41, 5.74) is 3.03. The fourth-order valence-electron chi connectivity index (χ4n) is 5.48. The van der Waals surface area contributed by atoms with Gasteiger partial charge < -0.3 is 4.74 Å². The van der Waals surface area contributed by atoms with Gasteiger partial charge in [0.05, 0.1) is 35.3 Å². The topological polar surface area (TPSA) is 74.7 Å². The Morgan fingerprint density at radius 1 is 1.20 bits per heavy atom. The minimum absolute atomic E-state index is 0.148. The van der Waals surface area contributed by atoms with E-state index >= 15 is 0 Å². The third-order valence-electron chi connectivity index (χ3n) is 7.32. The Labute approximate surface area is 179 Å². The van der Waals surface area contributed by atoms with E-state index in [1.807, 2.05) is 6.92 Å². The molecule has 30 heavy (non-hydrogen) atoms. The highest BCUT2D eigenvalue weighted by Gasteiger charge is 2.39. The zero-order valence-corrected chi connectivity index (χ0v) is 18.4. The first kappa shape index (κ1) is 20.9. The van der Waals surface area contributed by atoms with E-state index in [1.165, 1.54) is 48.7 Å². The molecule has 1 aromatic carbocycles. The van der Waals surface area contributed by atoms with Gasteiger partial charge in [-0.25, -0.2) is 0 Å². The van der Waals surface area contributed by atoms with Gasteiger partial charge in [-0.15, -0.1) is 0 Å². The first-order valence-corrected chi connectivity index (χ1v) is 11.8. The molecule has 2 aromatic rings. The van der Waals surface area contributed by atoms with Crippen LogP contribution in [0.3, 0.4) is 0 Å². The highest BCUT2D eigenvalue weighted by atomic mass is 16.5. The van der Waals surface area contributed by atoms with Crippen LogP contribution < -0.4 is 0 Å². The van der Waals surface area contributed by atoms with Crippen molar-refractivity contribution in [1.29, 1.82) is 10.7 Å². The quantitative estimate of drug-likeness (QED) is 0.484. The van der Waals surface area contributed by atoms with Gasteiger partial charge in [0.2, 0.25) is 0 Å². The van der Waals surface area contributed by atoms with Crippen molar-refractivity contribution in [3.8, 4) is 6.07 Å². The van der Waals surface area contributed by atoms with Crippen molar-refractivity contribution >= 4 is 16.8 Å². The summed E-state index contributed by atoms with van der Waals surface area (Å²) in [6.45, 7) is 4.64. The van der Waals surface area contributed by atoms with Crippen LogP contribution in [0.25, 0.3) is 10.9 Å². The lowest BCUT2D eigenvalue weighted by atomic mass is 9.67. The van der Waals surface area contributed by atoms with E-state index in [4.69, 9.17) is 15.2 Å². The number of ether oxygens (including phenoxy) is 1. The molecule has 0 amide bonds. The van der Waals surface area contributed by atoms with Gasteiger partial charge in [-0.2, -0.15) is 10.4 Å². The van der Waals surface area contributed by atoms with Crippen LogP contribution in [0.15, 0.2) is 18.2 Å². The Morgan fingerprint density at radius 3 is 2.57 bits per heavy atom. The van der Waals surface area contributed by atoms with Gasteiger partial charge in [-0.3, -0.25) is 10.1 Å². The SMILES string of the molecule is CCOC(=N)C1CCC(C#N)(c2ccc3c(CC)nn(C4CCCCC4)c3c2)CC1. The molecule has 0 bridgehead atoms. The Morgan fingerprint density at radius 2 is 1.93 bits per heavy atom. The molecule has 4 rings (SSSR count). The second kappa shape index (κ2) is 8.79. The summed E-state index contributed by atoms with van der Waals surface area (Å²) in [7, 11) is 0. The fraction of sp³-hybridized carbons (Fsp3) is 0.640. The summed E-state index contributed by atoms with van der Waals surface area (Å²) in [6, 6.07) is 9.77. The van der Waals surface area contributed by atoms with Crippen LogP contribution in [-0.2, 0) is 16.6 Å². The average molecular weight is 407 g/mol. The Bertz CT molecular complexity index is 940. The molecule has 5 heteroatoms. The van der Waals surface area contributed by atoms with E-state index in [2.05, 4.69) is 35.9 Å². The van der Waals surface area contributed by atoms with Gasteiger partial charge in [-0.1, -0.05) is 38.3 Å². The van der Waals surface area contributed by atoms with Crippen LogP contribution in [0.2, 0.25) is 0 Å². The summed E-state index contributed by atoms with van der Waals surface area (Å²) in [5.74, 6) is 0.539. The number of nitrogens with zero attached hydrogens (tertiary/aromatic N) is 3. The summed E-state index contributed by atoms with van der Waals surface area (Å²) in [5, 5.41) is 24.6. The number of aromatic nitrogens is 2. The summed E-state index contributed by atoms with van der Waals surface area (Å²) in [6.07, 6.45) is 10.5. The lowest BCUT2D eigenvalue weighted by Crippen LogP contribution is -2.33. The van der Waals surface area contributed by atoms with Crippen molar-refractivity contribution in [2.24, 2.45) is 5.92 Å². The van der Waals surface area contributed by atoms with Crippen molar-refractivity contribution in [3.05, 3.63) is 29.5 Å². The van der Waals surface area contributed by atoms with E-state index in [-0.39, 0.29) is 5.92 Å². The standard InChI is InChI=1S/C25H34N4O/c1-3-22-21-11-10-19(16-23(21)29(28-22)20-8-6-5-7-9-20)25(17-26)14-12-18(13-15-25)24(27)30-4-2/h10-11,16,18,20,27H,3-9,12-15H2,1-2H3. The molecule has 0 aliphatic heterocycles. The minimum atomic E-state index is -0.467. The lowest BCUT2D eigenvalue weighted by molar-refractivity contribution is 0.253. The second-order valence-electron chi connectivity index (χ2n) is 9.03. The van der Waals surface area contributed by atoms with Crippen molar-refractivity contribution in [2.75, 3.05) is 6.61 Å². The van der Waals surface area contributed by atoms with Crippen LogP contribution in [-0.4, -0.2) is 22.3 Å². The van der Waals surface area contributed by atoms with Gasteiger partial charge >= 0.3 is 0 Å².